The van der Waals surface area contributed by atoms with Crippen molar-refractivity contribution in [1.29, 1.82) is 0 Å². The summed E-state index contributed by atoms with van der Waals surface area (Å²) in [6.07, 6.45) is 4.00. The summed E-state index contributed by atoms with van der Waals surface area (Å²) in [4.78, 5) is 19.3. The van der Waals surface area contributed by atoms with Crippen molar-refractivity contribution in [3.63, 3.8) is 0 Å². The van der Waals surface area contributed by atoms with Crippen LogP contribution in [0.5, 0.6) is 11.6 Å². The largest absolute Gasteiger partial charge is 0.488 e. The van der Waals surface area contributed by atoms with Crippen molar-refractivity contribution in [1.82, 2.24) is 19.7 Å². The molecule has 0 spiro atoms. The average Bonchev–Trinajstić information content (AvgIpc) is 3.72. The van der Waals surface area contributed by atoms with Crippen molar-refractivity contribution in [2.24, 2.45) is 0 Å². The summed E-state index contributed by atoms with van der Waals surface area (Å²) >= 11 is 0. The molecule has 0 saturated carbocycles. The van der Waals surface area contributed by atoms with Crippen molar-refractivity contribution in [2.75, 3.05) is 19.8 Å². The molecule has 44 heavy (non-hydrogen) atoms. The lowest BCUT2D eigenvalue weighted by Crippen LogP contribution is -2.39. The Labute approximate surface area is 258 Å². The van der Waals surface area contributed by atoms with Crippen LogP contribution in [0.25, 0.3) is 17.1 Å². The number of pyridine rings is 1. The number of aryl methyl sites for hydroxylation is 1. The molecule has 4 aromatic rings. The van der Waals surface area contributed by atoms with Crippen molar-refractivity contribution < 1.29 is 24.1 Å². The van der Waals surface area contributed by atoms with Gasteiger partial charge in [0.1, 0.15) is 17.9 Å². The van der Waals surface area contributed by atoms with Gasteiger partial charge in [-0.3, -0.25) is 4.90 Å². The molecule has 1 N–H and O–H groups in total. The monoisotopic (exact) mass is 596 g/mol. The minimum atomic E-state index is -1.10. The van der Waals surface area contributed by atoms with E-state index in [2.05, 4.69) is 29.1 Å². The van der Waals surface area contributed by atoms with E-state index in [9.17, 15) is 9.90 Å². The van der Waals surface area contributed by atoms with Crippen LogP contribution in [0.4, 0.5) is 0 Å². The first-order valence-corrected chi connectivity index (χ1v) is 15.4. The second-order valence-electron chi connectivity index (χ2n) is 11.8. The van der Waals surface area contributed by atoms with Crippen molar-refractivity contribution in [3.05, 3.63) is 88.1 Å². The van der Waals surface area contributed by atoms with Crippen molar-refractivity contribution >= 4 is 5.97 Å². The predicted molar refractivity (Wildman–Crippen MR) is 168 cm³/mol. The van der Waals surface area contributed by atoms with Crippen molar-refractivity contribution in [3.8, 4) is 28.7 Å². The van der Waals surface area contributed by atoms with E-state index < -0.39 is 5.97 Å². The zero-order chi connectivity index (χ0) is 30.8. The van der Waals surface area contributed by atoms with Gasteiger partial charge in [-0.2, -0.15) is 9.78 Å². The van der Waals surface area contributed by atoms with Gasteiger partial charge in [0.15, 0.2) is 5.82 Å². The Morgan fingerprint density at radius 3 is 2.77 bits per heavy atom. The number of benzene rings is 2. The molecule has 0 bridgehead atoms. The highest BCUT2D eigenvalue weighted by Gasteiger charge is 2.28. The van der Waals surface area contributed by atoms with Gasteiger partial charge in [-0.25, -0.2) is 9.78 Å². The second kappa shape index (κ2) is 12.8. The van der Waals surface area contributed by atoms with Crippen LogP contribution in [0.15, 0.2) is 54.7 Å². The summed E-state index contributed by atoms with van der Waals surface area (Å²) in [5.41, 5.74) is 7.89. The first-order valence-electron chi connectivity index (χ1n) is 15.4. The van der Waals surface area contributed by atoms with E-state index in [4.69, 9.17) is 19.2 Å². The Balaban J connectivity index is 1.26. The summed E-state index contributed by atoms with van der Waals surface area (Å²) in [5, 5.41) is 14.1. The minimum absolute atomic E-state index is 0.00207. The number of para-hydroxylation sites is 1. The summed E-state index contributed by atoms with van der Waals surface area (Å²) in [7, 11) is 0. The van der Waals surface area contributed by atoms with Gasteiger partial charge >= 0.3 is 5.97 Å². The fourth-order valence-corrected chi connectivity index (χ4v) is 6.11. The summed E-state index contributed by atoms with van der Waals surface area (Å²) < 4.78 is 19.6. The van der Waals surface area contributed by atoms with Crippen molar-refractivity contribution in [2.45, 2.75) is 72.3 Å². The van der Waals surface area contributed by atoms with E-state index in [-0.39, 0.29) is 17.5 Å². The number of nitrogens with zero attached hydrogens (tertiary/aromatic N) is 4. The second-order valence-corrected chi connectivity index (χ2v) is 11.8. The SMILES string of the molecule is CC[C@H](C)Oc1c(C(=O)O)cnn1-c1cccc(-c2cccc(C)c2OCc2ccc3c(c2C)CCN(C2CCOC2)C3)n1. The zero-order valence-corrected chi connectivity index (χ0v) is 25.9. The molecular weight excluding hydrogens is 556 g/mol. The van der Waals surface area contributed by atoms with E-state index >= 15 is 0 Å². The molecule has 1 fully saturated rings. The average molecular weight is 597 g/mol. The third kappa shape index (κ3) is 5.94. The van der Waals surface area contributed by atoms with Gasteiger partial charge in [-0.1, -0.05) is 37.3 Å². The quantitative estimate of drug-likeness (QED) is 0.233. The number of aromatic nitrogens is 3. The van der Waals surface area contributed by atoms with Crippen LogP contribution < -0.4 is 9.47 Å². The fourth-order valence-electron chi connectivity index (χ4n) is 6.11. The Kier molecular flexibility index (Phi) is 8.68. The molecule has 9 heteroatoms. The number of fused-ring (bicyclic) bond motifs is 1. The molecular formula is C35H40N4O5. The van der Waals surface area contributed by atoms with Gasteiger partial charge in [-0.15, -0.1) is 0 Å². The third-order valence-electron chi connectivity index (χ3n) is 8.91. The third-order valence-corrected chi connectivity index (χ3v) is 8.91. The molecule has 230 valence electrons. The smallest absolute Gasteiger partial charge is 0.342 e. The van der Waals surface area contributed by atoms with Crippen LogP contribution in [-0.4, -0.2) is 62.6 Å². The molecule has 2 aliphatic rings. The number of hydrogen-bond donors (Lipinski definition) is 1. The predicted octanol–water partition coefficient (Wildman–Crippen LogP) is 6.15. The molecule has 1 unspecified atom stereocenters. The molecule has 2 atom stereocenters. The topological polar surface area (TPSA) is 98.9 Å². The van der Waals surface area contributed by atoms with E-state index in [0.717, 1.165) is 62.4 Å². The Morgan fingerprint density at radius 2 is 2.00 bits per heavy atom. The Bertz CT molecular complexity index is 1660. The van der Waals surface area contributed by atoms with Gasteiger partial charge in [0, 0.05) is 31.3 Å². The number of hydrogen-bond acceptors (Lipinski definition) is 7. The van der Waals surface area contributed by atoms with Crippen LogP contribution >= 0.6 is 0 Å². The van der Waals surface area contributed by atoms with E-state index in [1.165, 1.54) is 33.1 Å². The van der Waals surface area contributed by atoms with E-state index in [0.29, 0.717) is 24.2 Å². The summed E-state index contributed by atoms with van der Waals surface area (Å²) in [6, 6.07) is 16.6. The number of aromatic carboxylic acids is 1. The van der Waals surface area contributed by atoms with E-state index in [1.807, 2.05) is 51.1 Å². The van der Waals surface area contributed by atoms with Gasteiger partial charge in [0.2, 0.25) is 5.88 Å². The lowest BCUT2D eigenvalue weighted by molar-refractivity contribution is 0.0689. The molecule has 9 nitrogen and oxygen atoms in total. The first-order chi connectivity index (χ1) is 21.3. The summed E-state index contributed by atoms with van der Waals surface area (Å²) in [5.74, 6) is 0.298. The standard InChI is InChI=1S/C35H40N4O5/c1-5-23(3)44-34-30(35(40)41)18-36-39(34)32-11-7-10-31(37-32)29-9-6-8-22(2)33(29)43-20-26-13-12-25-19-38(27-15-17-42-21-27)16-14-28(25)24(26)4/h6-13,18,23,27H,5,14-17,19-21H2,1-4H3,(H,40,41)/t23-,27?/m0/s1. The summed E-state index contributed by atoms with van der Waals surface area (Å²) in [6.45, 7) is 12.3. The maximum atomic E-state index is 11.9. The Hall–Kier alpha value is -4.21. The number of carboxylic acid groups (broad SMARTS) is 1. The highest BCUT2D eigenvalue weighted by atomic mass is 16.5. The lowest BCUT2D eigenvalue weighted by Gasteiger charge is -2.34. The molecule has 2 aliphatic heterocycles. The van der Waals surface area contributed by atoms with Crippen LogP contribution in [0.3, 0.4) is 0 Å². The maximum absolute atomic E-state index is 11.9. The van der Waals surface area contributed by atoms with Gasteiger partial charge in [-0.05, 0) is 86.1 Å². The maximum Gasteiger partial charge on any atom is 0.342 e. The number of carbonyl (C=O) groups is 1. The van der Waals surface area contributed by atoms with Crippen LogP contribution in [0.2, 0.25) is 0 Å². The fraction of sp³-hybridized carbons (Fsp3) is 0.400. The molecule has 0 aliphatic carbocycles. The molecule has 4 heterocycles. The zero-order valence-electron chi connectivity index (χ0n) is 25.9. The van der Waals surface area contributed by atoms with Crippen LogP contribution in [0, 0.1) is 13.8 Å². The highest BCUT2D eigenvalue weighted by molar-refractivity contribution is 5.90. The Morgan fingerprint density at radius 1 is 1.16 bits per heavy atom. The molecule has 0 amide bonds. The van der Waals surface area contributed by atoms with Gasteiger partial charge in [0.25, 0.3) is 0 Å². The van der Waals surface area contributed by atoms with Gasteiger partial charge < -0.3 is 19.3 Å². The molecule has 1 saturated heterocycles. The number of carboxylic acids is 1. The highest BCUT2D eigenvalue weighted by Crippen LogP contribution is 2.35. The van der Waals surface area contributed by atoms with Gasteiger partial charge in [0.05, 0.1) is 24.6 Å². The molecule has 0 radical (unpaired) electrons. The first kappa shape index (κ1) is 29.8. The van der Waals surface area contributed by atoms with Crippen LogP contribution in [0.1, 0.15) is 64.9 Å². The number of rotatable bonds is 10. The normalized spacial score (nSPS) is 17.3. The molecule has 6 rings (SSSR count). The molecule has 2 aromatic carbocycles. The minimum Gasteiger partial charge on any atom is -0.488 e. The number of ether oxygens (including phenoxy) is 3. The van der Waals surface area contributed by atoms with Crippen LogP contribution in [-0.2, 0) is 24.3 Å². The van der Waals surface area contributed by atoms with E-state index in [1.54, 1.807) is 6.07 Å². The lowest BCUT2D eigenvalue weighted by atomic mass is 9.91. The molecule has 2 aromatic heterocycles.